The van der Waals surface area contributed by atoms with E-state index < -0.39 is 11.9 Å². The number of hydrogen-bond acceptors (Lipinski definition) is 5. The van der Waals surface area contributed by atoms with Crippen molar-refractivity contribution in [1.29, 1.82) is 0 Å². The molecule has 0 aliphatic carbocycles. The first-order chi connectivity index (χ1) is 16.9. The zero-order valence-corrected chi connectivity index (χ0v) is 19.2. The predicted octanol–water partition coefficient (Wildman–Crippen LogP) is 4.11. The number of hydrogen-bond donors (Lipinski definition) is 2. The van der Waals surface area contributed by atoms with E-state index in [0.29, 0.717) is 35.7 Å². The van der Waals surface area contributed by atoms with Crippen LogP contribution in [-0.4, -0.2) is 36.8 Å². The van der Waals surface area contributed by atoms with Gasteiger partial charge in [0.15, 0.2) is 0 Å². The quantitative estimate of drug-likeness (QED) is 0.505. The van der Waals surface area contributed by atoms with E-state index in [9.17, 15) is 19.2 Å². The molecule has 0 spiro atoms. The van der Waals surface area contributed by atoms with Gasteiger partial charge in [-0.2, -0.15) is 0 Å². The van der Waals surface area contributed by atoms with E-state index >= 15 is 0 Å². The summed E-state index contributed by atoms with van der Waals surface area (Å²) in [6.07, 6.45) is 0.149. The van der Waals surface area contributed by atoms with Gasteiger partial charge in [0.1, 0.15) is 0 Å². The van der Waals surface area contributed by atoms with E-state index in [1.54, 1.807) is 60.4 Å². The van der Waals surface area contributed by atoms with Gasteiger partial charge >= 0.3 is 5.97 Å². The van der Waals surface area contributed by atoms with Crippen molar-refractivity contribution >= 4 is 40.8 Å². The molecule has 3 aromatic rings. The number of anilines is 3. The largest absolute Gasteiger partial charge is 0.462 e. The zero-order valence-electron chi connectivity index (χ0n) is 19.2. The molecule has 3 amide bonds. The maximum absolute atomic E-state index is 12.7. The van der Waals surface area contributed by atoms with Crippen LogP contribution < -0.4 is 15.5 Å². The molecule has 8 heteroatoms. The maximum atomic E-state index is 12.7. The Bertz CT molecular complexity index is 1220. The first kappa shape index (κ1) is 23.7. The zero-order chi connectivity index (χ0) is 24.8. The molecular weight excluding hydrogens is 446 g/mol. The molecule has 1 heterocycles. The van der Waals surface area contributed by atoms with Crippen LogP contribution in [0.4, 0.5) is 17.1 Å². The summed E-state index contributed by atoms with van der Waals surface area (Å²) in [6.45, 7) is 2.35. The first-order valence-corrected chi connectivity index (χ1v) is 11.3. The van der Waals surface area contributed by atoms with Crippen LogP contribution in [0.3, 0.4) is 0 Å². The first-order valence-electron chi connectivity index (χ1n) is 11.3. The average molecular weight is 472 g/mol. The van der Waals surface area contributed by atoms with Crippen molar-refractivity contribution in [3.63, 3.8) is 0 Å². The lowest BCUT2D eigenvalue weighted by Crippen LogP contribution is -2.28. The molecule has 35 heavy (non-hydrogen) atoms. The van der Waals surface area contributed by atoms with E-state index in [1.165, 1.54) is 0 Å². The summed E-state index contributed by atoms with van der Waals surface area (Å²) in [5.41, 5.74) is 2.66. The van der Waals surface area contributed by atoms with E-state index in [4.69, 9.17) is 4.74 Å². The Balaban J connectivity index is 1.32. The standard InChI is InChI=1S/C27H25N3O5/c1-2-35-27(34)19-10-14-22(15-11-19)28-25(32)18-8-12-21(13-9-18)29-26(33)20-16-24(31)30(17-20)23-6-4-3-5-7-23/h3-15,20H,2,16-17H2,1H3,(H,28,32)(H,29,33). The topological polar surface area (TPSA) is 105 Å². The highest BCUT2D eigenvalue weighted by Gasteiger charge is 2.35. The SMILES string of the molecule is CCOC(=O)c1ccc(NC(=O)c2ccc(NC(=O)C3CC(=O)N(c4ccccc4)C3)cc2)cc1. The Morgan fingerprint density at radius 2 is 1.46 bits per heavy atom. The van der Waals surface area contributed by atoms with Crippen molar-refractivity contribution < 1.29 is 23.9 Å². The van der Waals surface area contributed by atoms with Crippen molar-refractivity contribution in [3.05, 3.63) is 90.0 Å². The fourth-order valence-electron chi connectivity index (χ4n) is 3.80. The minimum absolute atomic E-state index is 0.0846. The highest BCUT2D eigenvalue weighted by Crippen LogP contribution is 2.26. The third kappa shape index (κ3) is 5.73. The molecule has 2 N–H and O–H groups in total. The molecule has 0 aromatic heterocycles. The van der Waals surface area contributed by atoms with Crippen molar-refractivity contribution in [2.75, 3.05) is 28.7 Å². The summed E-state index contributed by atoms with van der Waals surface area (Å²) in [6, 6.07) is 22.2. The molecular formula is C27H25N3O5. The Morgan fingerprint density at radius 3 is 2.09 bits per heavy atom. The van der Waals surface area contributed by atoms with Gasteiger partial charge in [0.05, 0.1) is 18.1 Å². The molecule has 1 fully saturated rings. The lowest BCUT2D eigenvalue weighted by molar-refractivity contribution is -0.122. The van der Waals surface area contributed by atoms with Gasteiger partial charge in [-0.15, -0.1) is 0 Å². The highest BCUT2D eigenvalue weighted by atomic mass is 16.5. The van der Waals surface area contributed by atoms with Crippen LogP contribution in [0.1, 0.15) is 34.1 Å². The molecule has 4 rings (SSSR count). The van der Waals surface area contributed by atoms with Gasteiger partial charge in [0.25, 0.3) is 5.91 Å². The molecule has 0 bridgehead atoms. The van der Waals surface area contributed by atoms with Crippen molar-refractivity contribution in [2.45, 2.75) is 13.3 Å². The number of nitrogens with zero attached hydrogens (tertiary/aromatic N) is 1. The fourth-order valence-corrected chi connectivity index (χ4v) is 3.80. The van der Waals surface area contributed by atoms with Crippen LogP contribution in [0.25, 0.3) is 0 Å². The van der Waals surface area contributed by atoms with Crippen molar-refractivity contribution in [1.82, 2.24) is 0 Å². The number of amides is 3. The second-order valence-electron chi connectivity index (χ2n) is 8.06. The number of benzene rings is 3. The maximum Gasteiger partial charge on any atom is 0.338 e. The second kappa shape index (κ2) is 10.6. The van der Waals surface area contributed by atoms with E-state index in [-0.39, 0.29) is 24.1 Å². The molecule has 0 saturated carbocycles. The summed E-state index contributed by atoms with van der Waals surface area (Å²) >= 11 is 0. The summed E-state index contributed by atoms with van der Waals surface area (Å²) in [7, 11) is 0. The van der Waals surface area contributed by atoms with E-state index in [1.807, 2.05) is 30.3 Å². The molecule has 1 atom stereocenters. The monoisotopic (exact) mass is 471 g/mol. The Hall–Kier alpha value is -4.46. The number of nitrogens with one attached hydrogen (secondary N) is 2. The summed E-state index contributed by atoms with van der Waals surface area (Å²) in [5.74, 6) is -1.53. The number of esters is 1. The van der Waals surface area contributed by atoms with Crippen LogP contribution in [0, 0.1) is 5.92 Å². The summed E-state index contributed by atoms with van der Waals surface area (Å²) in [5, 5.41) is 5.59. The van der Waals surface area contributed by atoms with Gasteiger partial charge in [0.2, 0.25) is 11.8 Å². The molecule has 3 aromatic carbocycles. The fraction of sp³-hybridized carbons (Fsp3) is 0.185. The van der Waals surface area contributed by atoms with Crippen LogP contribution in [0.15, 0.2) is 78.9 Å². The third-order valence-corrected chi connectivity index (χ3v) is 5.63. The number of ether oxygens (including phenoxy) is 1. The Kier molecular flexibility index (Phi) is 7.21. The highest BCUT2D eigenvalue weighted by molar-refractivity contribution is 6.06. The van der Waals surface area contributed by atoms with Gasteiger partial charge in [0, 0.05) is 35.6 Å². The molecule has 178 valence electrons. The molecule has 1 saturated heterocycles. The minimum Gasteiger partial charge on any atom is -0.462 e. The Labute approximate surface area is 202 Å². The Morgan fingerprint density at radius 1 is 0.857 bits per heavy atom. The summed E-state index contributed by atoms with van der Waals surface area (Å²) < 4.78 is 4.94. The van der Waals surface area contributed by atoms with Crippen LogP contribution in [0.5, 0.6) is 0 Å². The molecule has 1 aliphatic rings. The van der Waals surface area contributed by atoms with Gasteiger partial charge in [-0.3, -0.25) is 14.4 Å². The average Bonchev–Trinajstić information content (AvgIpc) is 3.27. The van der Waals surface area contributed by atoms with Gasteiger partial charge < -0.3 is 20.3 Å². The van der Waals surface area contributed by atoms with Crippen LogP contribution in [0.2, 0.25) is 0 Å². The predicted molar refractivity (Wildman–Crippen MR) is 132 cm³/mol. The molecule has 1 aliphatic heterocycles. The van der Waals surface area contributed by atoms with Gasteiger partial charge in [-0.25, -0.2) is 4.79 Å². The van der Waals surface area contributed by atoms with E-state index in [0.717, 1.165) is 5.69 Å². The second-order valence-corrected chi connectivity index (χ2v) is 8.06. The number of rotatable bonds is 7. The van der Waals surface area contributed by atoms with E-state index in [2.05, 4.69) is 10.6 Å². The molecule has 0 radical (unpaired) electrons. The smallest absolute Gasteiger partial charge is 0.338 e. The lowest BCUT2D eigenvalue weighted by atomic mass is 10.1. The minimum atomic E-state index is -0.455. The molecule has 1 unspecified atom stereocenters. The summed E-state index contributed by atoms with van der Waals surface area (Å²) in [4.78, 5) is 51.0. The lowest BCUT2D eigenvalue weighted by Gasteiger charge is -2.16. The molecule has 8 nitrogen and oxygen atoms in total. The van der Waals surface area contributed by atoms with Crippen LogP contribution >= 0.6 is 0 Å². The normalized spacial score (nSPS) is 14.9. The number of carbonyl (C=O) groups excluding carboxylic acids is 4. The number of para-hydroxylation sites is 1. The van der Waals surface area contributed by atoms with Crippen molar-refractivity contribution in [3.8, 4) is 0 Å². The third-order valence-electron chi connectivity index (χ3n) is 5.63. The number of carbonyl (C=O) groups is 4. The van der Waals surface area contributed by atoms with Crippen LogP contribution in [-0.2, 0) is 14.3 Å². The van der Waals surface area contributed by atoms with Gasteiger partial charge in [-0.1, -0.05) is 18.2 Å². The van der Waals surface area contributed by atoms with Crippen molar-refractivity contribution in [2.24, 2.45) is 5.92 Å². The van der Waals surface area contributed by atoms with Gasteiger partial charge in [-0.05, 0) is 67.6 Å².